The zero-order valence-electron chi connectivity index (χ0n) is 8.42. The lowest BCUT2D eigenvalue weighted by Gasteiger charge is -2.09. The van der Waals surface area contributed by atoms with Gasteiger partial charge in [0.05, 0.1) is 16.2 Å². The zero-order chi connectivity index (χ0) is 13.3. The number of halogens is 5. The van der Waals surface area contributed by atoms with E-state index in [4.69, 9.17) is 51.1 Å². The molecule has 2 rings (SSSR count). The van der Waals surface area contributed by atoms with Crippen LogP contribution in [0.1, 0.15) is 0 Å². The van der Waals surface area contributed by atoms with Crippen molar-refractivity contribution in [2.75, 3.05) is 0 Å². The quantitative estimate of drug-likeness (QED) is 0.493. The standard InChI is InChI=1S/C10H3BrCl4N2O/c11-4-1-6(13)8(2-5(4)12)18-9-7(14)3-16-10(15)17-9/h1-3H. The molecule has 0 fully saturated rings. The van der Waals surface area contributed by atoms with Gasteiger partial charge in [-0.1, -0.05) is 34.8 Å². The van der Waals surface area contributed by atoms with Gasteiger partial charge in [-0.05, 0) is 33.6 Å². The number of ether oxygens (including phenoxy) is 1. The molecular weight excluding hydrogens is 386 g/mol. The molecule has 8 heteroatoms. The first-order valence-electron chi connectivity index (χ1n) is 4.48. The summed E-state index contributed by atoms with van der Waals surface area (Å²) in [5.41, 5.74) is 0. The van der Waals surface area contributed by atoms with Gasteiger partial charge >= 0.3 is 0 Å². The summed E-state index contributed by atoms with van der Waals surface area (Å²) in [7, 11) is 0. The van der Waals surface area contributed by atoms with Gasteiger partial charge in [0.2, 0.25) is 11.2 Å². The maximum absolute atomic E-state index is 6.01. The minimum Gasteiger partial charge on any atom is -0.436 e. The lowest BCUT2D eigenvalue weighted by Crippen LogP contribution is -1.92. The SMILES string of the molecule is Clc1ncc(Cl)c(Oc2cc(Cl)c(Br)cc2Cl)n1. The predicted molar refractivity (Wildman–Crippen MR) is 76.3 cm³/mol. The molecule has 2 aromatic rings. The van der Waals surface area contributed by atoms with Crippen LogP contribution in [0.2, 0.25) is 20.4 Å². The van der Waals surface area contributed by atoms with Gasteiger partial charge in [-0.25, -0.2) is 4.98 Å². The Morgan fingerprint density at radius 2 is 1.72 bits per heavy atom. The first-order chi connectivity index (χ1) is 8.47. The summed E-state index contributed by atoms with van der Waals surface area (Å²) in [6.45, 7) is 0. The number of hydrogen-bond acceptors (Lipinski definition) is 3. The first kappa shape index (κ1) is 14.2. The molecule has 0 saturated carbocycles. The topological polar surface area (TPSA) is 35.0 Å². The van der Waals surface area contributed by atoms with Crippen LogP contribution in [-0.2, 0) is 0 Å². The van der Waals surface area contributed by atoms with E-state index in [9.17, 15) is 0 Å². The molecule has 94 valence electrons. The van der Waals surface area contributed by atoms with Crippen molar-refractivity contribution >= 4 is 62.3 Å². The van der Waals surface area contributed by atoms with Gasteiger partial charge in [0, 0.05) is 10.5 Å². The first-order valence-corrected chi connectivity index (χ1v) is 6.78. The van der Waals surface area contributed by atoms with Gasteiger partial charge in [-0.15, -0.1) is 0 Å². The third kappa shape index (κ3) is 3.19. The van der Waals surface area contributed by atoms with E-state index in [0.29, 0.717) is 20.3 Å². The van der Waals surface area contributed by atoms with E-state index >= 15 is 0 Å². The summed E-state index contributed by atoms with van der Waals surface area (Å²) in [4.78, 5) is 7.56. The molecule has 3 nitrogen and oxygen atoms in total. The van der Waals surface area contributed by atoms with Crippen LogP contribution >= 0.6 is 62.3 Å². The summed E-state index contributed by atoms with van der Waals surface area (Å²) in [6, 6.07) is 3.15. The molecule has 0 spiro atoms. The van der Waals surface area contributed by atoms with Crippen molar-refractivity contribution in [2.24, 2.45) is 0 Å². The van der Waals surface area contributed by atoms with E-state index in [1.165, 1.54) is 6.20 Å². The molecule has 1 aromatic heterocycles. The molecule has 0 N–H and O–H groups in total. The van der Waals surface area contributed by atoms with Gasteiger partial charge in [-0.3, -0.25) is 0 Å². The maximum atomic E-state index is 6.01. The van der Waals surface area contributed by atoms with Gasteiger partial charge in [0.15, 0.2) is 0 Å². The molecule has 1 heterocycles. The van der Waals surface area contributed by atoms with Gasteiger partial charge in [0.1, 0.15) is 10.8 Å². The van der Waals surface area contributed by atoms with Crippen molar-refractivity contribution in [1.82, 2.24) is 9.97 Å². The van der Waals surface area contributed by atoms with E-state index in [1.807, 2.05) is 0 Å². The molecular formula is C10H3BrCl4N2O. The Bertz CT molecular complexity index is 609. The van der Waals surface area contributed by atoms with Crippen molar-refractivity contribution in [3.63, 3.8) is 0 Å². The second-order valence-electron chi connectivity index (χ2n) is 3.09. The molecule has 0 radical (unpaired) electrons. The maximum Gasteiger partial charge on any atom is 0.242 e. The van der Waals surface area contributed by atoms with Crippen LogP contribution in [0, 0.1) is 0 Å². The van der Waals surface area contributed by atoms with Gasteiger partial charge < -0.3 is 4.74 Å². The molecule has 0 unspecified atom stereocenters. The molecule has 0 saturated heterocycles. The van der Waals surface area contributed by atoms with Gasteiger partial charge in [0.25, 0.3) is 0 Å². The Morgan fingerprint density at radius 3 is 2.44 bits per heavy atom. The lowest BCUT2D eigenvalue weighted by atomic mass is 10.3. The zero-order valence-corrected chi connectivity index (χ0v) is 13.0. The van der Waals surface area contributed by atoms with Crippen molar-refractivity contribution < 1.29 is 4.74 Å². The summed E-state index contributed by atoms with van der Waals surface area (Å²) in [5, 5.41) is 1.05. The monoisotopic (exact) mass is 386 g/mol. The van der Waals surface area contributed by atoms with E-state index in [2.05, 4.69) is 25.9 Å². The molecule has 0 aliphatic carbocycles. The Hall–Kier alpha value is -0.260. The summed E-state index contributed by atoms with van der Waals surface area (Å²) >= 11 is 26.7. The number of benzene rings is 1. The van der Waals surface area contributed by atoms with Crippen LogP contribution in [0.3, 0.4) is 0 Å². The number of aromatic nitrogens is 2. The molecule has 0 aliphatic heterocycles. The van der Waals surface area contributed by atoms with E-state index in [0.717, 1.165) is 0 Å². The fourth-order valence-electron chi connectivity index (χ4n) is 1.09. The average Bonchev–Trinajstić information content (AvgIpc) is 2.30. The highest BCUT2D eigenvalue weighted by atomic mass is 79.9. The Kier molecular flexibility index (Phi) is 4.56. The predicted octanol–water partition coefficient (Wildman–Crippen LogP) is 5.65. The Morgan fingerprint density at radius 1 is 1.00 bits per heavy atom. The molecule has 18 heavy (non-hydrogen) atoms. The van der Waals surface area contributed by atoms with Crippen LogP contribution in [0.25, 0.3) is 0 Å². The van der Waals surface area contributed by atoms with Gasteiger partial charge in [-0.2, -0.15) is 4.98 Å². The Labute approximate surface area is 131 Å². The third-order valence-electron chi connectivity index (χ3n) is 1.86. The number of nitrogens with zero attached hydrogens (tertiary/aromatic N) is 2. The number of hydrogen-bond donors (Lipinski definition) is 0. The molecule has 0 bridgehead atoms. The highest BCUT2D eigenvalue weighted by Crippen LogP contribution is 2.37. The highest BCUT2D eigenvalue weighted by Gasteiger charge is 2.12. The molecule has 1 aromatic carbocycles. The third-order valence-corrected chi connectivity index (χ3v) is 3.80. The van der Waals surface area contributed by atoms with E-state index in [1.54, 1.807) is 12.1 Å². The fraction of sp³-hybridized carbons (Fsp3) is 0. The van der Waals surface area contributed by atoms with Crippen LogP contribution in [0.15, 0.2) is 22.8 Å². The van der Waals surface area contributed by atoms with E-state index in [-0.39, 0.29) is 16.2 Å². The van der Waals surface area contributed by atoms with Crippen LogP contribution < -0.4 is 4.74 Å². The minimum absolute atomic E-state index is 0.0220. The van der Waals surface area contributed by atoms with Crippen molar-refractivity contribution in [2.45, 2.75) is 0 Å². The largest absolute Gasteiger partial charge is 0.436 e. The fourth-order valence-corrected chi connectivity index (χ4v) is 2.18. The normalized spacial score (nSPS) is 10.5. The molecule has 0 amide bonds. The number of rotatable bonds is 2. The van der Waals surface area contributed by atoms with Crippen LogP contribution in [-0.4, -0.2) is 9.97 Å². The van der Waals surface area contributed by atoms with Crippen LogP contribution in [0.5, 0.6) is 11.6 Å². The summed E-state index contributed by atoms with van der Waals surface area (Å²) in [5.74, 6) is 0.429. The summed E-state index contributed by atoms with van der Waals surface area (Å²) < 4.78 is 6.11. The van der Waals surface area contributed by atoms with Crippen molar-refractivity contribution in [3.05, 3.63) is 43.2 Å². The second kappa shape index (κ2) is 5.80. The van der Waals surface area contributed by atoms with Crippen molar-refractivity contribution in [1.29, 1.82) is 0 Å². The average molecular weight is 389 g/mol. The van der Waals surface area contributed by atoms with Crippen molar-refractivity contribution in [3.8, 4) is 11.6 Å². The van der Waals surface area contributed by atoms with Crippen LogP contribution in [0.4, 0.5) is 0 Å². The lowest BCUT2D eigenvalue weighted by molar-refractivity contribution is 0.462. The second-order valence-corrected chi connectivity index (χ2v) is 5.50. The Balaban J connectivity index is 2.40. The molecule has 0 aliphatic rings. The highest BCUT2D eigenvalue weighted by molar-refractivity contribution is 9.10. The smallest absolute Gasteiger partial charge is 0.242 e. The minimum atomic E-state index is 0.0220. The molecule has 0 atom stereocenters. The van der Waals surface area contributed by atoms with E-state index < -0.39 is 0 Å². The summed E-state index contributed by atoms with van der Waals surface area (Å²) in [6.07, 6.45) is 1.33.